The van der Waals surface area contributed by atoms with Gasteiger partial charge in [-0.15, -0.1) is 0 Å². The van der Waals surface area contributed by atoms with E-state index in [1.165, 1.54) is 30.3 Å². The van der Waals surface area contributed by atoms with E-state index in [0.717, 1.165) is 6.07 Å². The molecule has 1 amide bonds. The fourth-order valence-corrected chi connectivity index (χ4v) is 4.47. The SMILES string of the molecule is CCOc1ccc(NC(=O)C(NS(=O)(=O)c2ccc3c(c2)OCCCO3)C(C)C)cc1F. The lowest BCUT2D eigenvalue weighted by atomic mass is 10.0. The van der Waals surface area contributed by atoms with Gasteiger partial charge in [0.15, 0.2) is 23.1 Å². The predicted octanol–water partition coefficient (Wildman–Crippen LogP) is 3.33. The maximum absolute atomic E-state index is 14.1. The van der Waals surface area contributed by atoms with Crippen LogP contribution >= 0.6 is 0 Å². The van der Waals surface area contributed by atoms with Crippen molar-refractivity contribution >= 4 is 21.6 Å². The summed E-state index contributed by atoms with van der Waals surface area (Å²) >= 11 is 0. The molecule has 0 saturated carbocycles. The molecular weight excluding hydrogens is 439 g/mol. The highest BCUT2D eigenvalue weighted by molar-refractivity contribution is 7.89. The molecule has 0 bridgehead atoms. The van der Waals surface area contributed by atoms with Crippen molar-refractivity contribution in [3.05, 3.63) is 42.2 Å². The molecule has 0 saturated heterocycles. The zero-order valence-electron chi connectivity index (χ0n) is 18.2. The number of fused-ring (bicyclic) bond motifs is 1. The minimum Gasteiger partial charge on any atom is -0.491 e. The van der Waals surface area contributed by atoms with Crippen LogP contribution in [0.3, 0.4) is 0 Å². The van der Waals surface area contributed by atoms with Gasteiger partial charge in [0.25, 0.3) is 0 Å². The molecule has 10 heteroatoms. The van der Waals surface area contributed by atoms with E-state index in [-0.39, 0.29) is 22.3 Å². The largest absolute Gasteiger partial charge is 0.491 e. The van der Waals surface area contributed by atoms with Gasteiger partial charge < -0.3 is 19.5 Å². The van der Waals surface area contributed by atoms with E-state index in [0.29, 0.717) is 37.7 Å². The van der Waals surface area contributed by atoms with Crippen LogP contribution in [0.5, 0.6) is 17.2 Å². The molecule has 1 aliphatic rings. The second kappa shape index (κ2) is 10.2. The van der Waals surface area contributed by atoms with E-state index in [9.17, 15) is 17.6 Å². The monoisotopic (exact) mass is 466 g/mol. The van der Waals surface area contributed by atoms with Crippen molar-refractivity contribution in [1.29, 1.82) is 0 Å². The number of anilines is 1. The summed E-state index contributed by atoms with van der Waals surface area (Å²) in [5.41, 5.74) is 0.191. The van der Waals surface area contributed by atoms with Gasteiger partial charge in [-0.25, -0.2) is 12.8 Å². The zero-order valence-corrected chi connectivity index (χ0v) is 19.0. The third-order valence-electron chi connectivity index (χ3n) is 4.76. The quantitative estimate of drug-likeness (QED) is 0.619. The number of sulfonamides is 1. The molecule has 2 aromatic rings. The fourth-order valence-electron chi connectivity index (χ4n) is 3.11. The molecule has 2 aromatic carbocycles. The normalized spacial score (nSPS) is 14.5. The first-order chi connectivity index (χ1) is 15.2. The Morgan fingerprint density at radius 1 is 1.12 bits per heavy atom. The molecular formula is C22H27FN2O6S. The molecule has 0 aromatic heterocycles. The minimum atomic E-state index is -4.05. The summed E-state index contributed by atoms with van der Waals surface area (Å²) in [4.78, 5) is 12.8. The summed E-state index contributed by atoms with van der Waals surface area (Å²) in [6.07, 6.45) is 0.691. The predicted molar refractivity (Wildman–Crippen MR) is 117 cm³/mol. The van der Waals surface area contributed by atoms with Gasteiger partial charge in [0, 0.05) is 24.2 Å². The number of hydrogen-bond acceptors (Lipinski definition) is 6. The van der Waals surface area contributed by atoms with Gasteiger partial charge in [-0.2, -0.15) is 4.72 Å². The van der Waals surface area contributed by atoms with Crippen LogP contribution in [0.2, 0.25) is 0 Å². The van der Waals surface area contributed by atoms with E-state index in [1.54, 1.807) is 20.8 Å². The maximum atomic E-state index is 14.1. The van der Waals surface area contributed by atoms with Crippen LogP contribution in [-0.4, -0.2) is 40.2 Å². The van der Waals surface area contributed by atoms with Crippen LogP contribution in [0.15, 0.2) is 41.3 Å². The number of halogens is 1. The lowest BCUT2D eigenvalue weighted by Crippen LogP contribution is -2.47. The van der Waals surface area contributed by atoms with Crippen LogP contribution in [0.1, 0.15) is 27.2 Å². The van der Waals surface area contributed by atoms with E-state index in [1.807, 2.05) is 0 Å². The molecule has 0 fully saturated rings. The van der Waals surface area contributed by atoms with Crippen molar-refractivity contribution in [2.24, 2.45) is 5.92 Å². The highest BCUT2D eigenvalue weighted by Gasteiger charge is 2.29. The highest BCUT2D eigenvalue weighted by atomic mass is 32.2. The molecule has 3 rings (SSSR count). The minimum absolute atomic E-state index is 0.0488. The molecule has 0 radical (unpaired) electrons. The average molecular weight is 467 g/mol. The fraction of sp³-hybridized carbons (Fsp3) is 0.409. The van der Waals surface area contributed by atoms with Crippen LogP contribution in [0.25, 0.3) is 0 Å². The van der Waals surface area contributed by atoms with Crippen molar-refractivity contribution in [3.8, 4) is 17.2 Å². The summed E-state index contributed by atoms with van der Waals surface area (Å²) in [5, 5.41) is 2.56. The van der Waals surface area contributed by atoms with Gasteiger partial charge in [-0.3, -0.25) is 4.79 Å². The molecule has 174 valence electrons. The van der Waals surface area contributed by atoms with Gasteiger partial charge in [0.2, 0.25) is 15.9 Å². The number of hydrogen-bond donors (Lipinski definition) is 2. The molecule has 1 atom stereocenters. The van der Waals surface area contributed by atoms with E-state index in [2.05, 4.69) is 10.0 Å². The number of ether oxygens (including phenoxy) is 3. The molecule has 1 heterocycles. The zero-order chi connectivity index (χ0) is 23.3. The summed E-state index contributed by atoms with van der Waals surface area (Å²) in [7, 11) is -4.05. The van der Waals surface area contributed by atoms with Crippen molar-refractivity contribution < 1.29 is 31.8 Å². The van der Waals surface area contributed by atoms with Crippen LogP contribution < -0.4 is 24.2 Å². The van der Waals surface area contributed by atoms with Gasteiger partial charge in [0.05, 0.1) is 24.7 Å². The van der Waals surface area contributed by atoms with E-state index in [4.69, 9.17) is 14.2 Å². The van der Waals surface area contributed by atoms with E-state index < -0.39 is 27.8 Å². The average Bonchev–Trinajstić information content (AvgIpc) is 2.98. The van der Waals surface area contributed by atoms with Crippen molar-refractivity contribution in [1.82, 2.24) is 4.72 Å². The van der Waals surface area contributed by atoms with Crippen LogP contribution in [0.4, 0.5) is 10.1 Å². The number of benzene rings is 2. The summed E-state index contributed by atoms with van der Waals surface area (Å²) < 4.78 is 58.7. The standard InChI is InChI=1S/C22H27FN2O6S/c1-4-29-18-8-6-15(12-17(18)23)24-22(26)21(14(2)3)25-32(27,28)16-7-9-19-20(13-16)31-11-5-10-30-19/h6-9,12-14,21,25H,4-5,10-11H2,1-3H3,(H,24,26). The first kappa shape index (κ1) is 23.8. The van der Waals surface area contributed by atoms with Gasteiger partial charge in [-0.1, -0.05) is 13.8 Å². The number of carbonyl (C=O) groups excluding carboxylic acids is 1. The van der Waals surface area contributed by atoms with Crippen molar-refractivity contribution in [2.75, 3.05) is 25.1 Å². The second-order valence-corrected chi connectivity index (χ2v) is 9.28. The Morgan fingerprint density at radius 2 is 1.84 bits per heavy atom. The Labute approximate surface area is 187 Å². The van der Waals surface area contributed by atoms with Crippen molar-refractivity contribution in [3.63, 3.8) is 0 Å². The molecule has 1 unspecified atom stereocenters. The van der Waals surface area contributed by atoms with Crippen molar-refractivity contribution in [2.45, 2.75) is 38.1 Å². The number of nitrogens with one attached hydrogen (secondary N) is 2. The third-order valence-corrected chi connectivity index (χ3v) is 6.20. The Balaban J connectivity index is 1.77. The van der Waals surface area contributed by atoms with E-state index >= 15 is 0 Å². The van der Waals surface area contributed by atoms with Crippen LogP contribution in [0, 0.1) is 11.7 Å². The topological polar surface area (TPSA) is 103 Å². The smallest absolute Gasteiger partial charge is 0.242 e. The molecule has 0 aliphatic carbocycles. The maximum Gasteiger partial charge on any atom is 0.242 e. The number of amides is 1. The highest BCUT2D eigenvalue weighted by Crippen LogP contribution is 2.32. The molecule has 1 aliphatic heterocycles. The molecule has 8 nitrogen and oxygen atoms in total. The van der Waals surface area contributed by atoms with Gasteiger partial charge in [0.1, 0.15) is 6.04 Å². The summed E-state index contributed by atoms with van der Waals surface area (Å²) in [6, 6.07) is 7.22. The number of carbonyl (C=O) groups is 1. The summed E-state index contributed by atoms with van der Waals surface area (Å²) in [5.74, 6) is -0.739. The van der Waals surface area contributed by atoms with Gasteiger partial charge >= 0.3 is 0 Å². The van der Waals surface area contributed by atoms with Gasteiger partial charge in [-0.05, 0) is 37.1 Å². The Morgan fingerprint density at radius 3 is 2.50 bits per heavy atom. The lowest BCUT2D eigenvalue weighted by Gasteiger charge is -2.22. The first-order valence-corrected chi connectivity index (χ1v) is 11.8. The van der Waals surface area contributed by atoms with Crippen LogP contribution in [-0.2, 0) is 14.8 Å². The first-order valence-electron chi connectivity index (χ1n) is 10.4. The second-order valence-electron chi connectivity index (χ2n) is 7.57. The Kier molecular flexibility index (Phi) is 7.57. The lowest BCUT2D eigenvalue weighted by molar-refractivity contribution is -0.118. The Bertz CT molecular complexity index is 1070. The molecule has 2 N–H and O–H groups in total. The Hall–Kier alpha value is -2.85. The summed E-state index contributed by atoms with van der Waals surface area (Å²) in [6.45, 7) is 6.36. The molecule has 32 heavy (non-hydrogen) atoms. The molecule has 0 spiro atoms. The number of rotatable bonds is 8. The third kappa shape index (κ3) is 5.68.